The Balaban J connectivity index is 1.70. The number of imide groups is 1. The van der Waals surface area contributed by atoms with Gasteiger partial charge in [0.05, 0.1) is 7.11 Å². The Bertz CT molecular complexity index is 562. The molecule has 1 aromatic carbocycles. The van der Waals surface area contributed by atoms with Gasteiger partial charge in [0, 0.05) is 26.1 Å². The molecule has 0 aliphatic carbocycles. The molecular weight excluding hydrogens is 320 g/mol. The van der Waals surface area contributed by atoms with Gasteiger partial charge in [0.2, 0.25) is 5.91 Å². The molecule has 25 heavy (non-hydrogen) atoms. The summed E-state index contributed by atoms with van der Waals surface area (Å²) >= 11 is 0. The van der Waals surface area contributed by atoms with Crippen molar-refractivity contribution in [3.05, 3.63) is 29.8 Å². The minimum absolute atomic E-state index is 0.302. The average molecular weight is 348 g/mol. The number of amides is 3. The number of ether oxygens (including phenoxy) is 1. The van der Waals surface area contributed by atoms with Crippen LogP contribution >= 0.6 is 0 Å². The van der Waals surface area contributed by atoms with E-state index < -0.39 is 6.03 Å². The normalized spacial score (nSPS) is 16.2. The number of carbonyl (C=O) groups excluding carboxylic acids is 2. The number of nitrogens with two attached hydrogens (primary N) is 1. The molecule has 3 amide bonds. The lowest BCUT2D eigenvalue weighted by atomic mass is 10.2. The number of hydrogen-bond acceptors (Lipinski definition) is 5. The molecule has 7 heteroatoms. The first-order chi connectivity index (χ1) is 12.1. The van der Waals surface area contributed by atoms with Crippen LogP contribution in [-0.2, 0) is 11.3 Å². The minimum Gasteiger partial charge on any atom is -0.497 e. The molecule has 0 aromatic heterocycles. The summed E-state index contributed by atoms with van der Waals surface area (Å²) in [6.07, 6.45) is 2.18. The van der Waals surface area contributed by atoms with E-state index in [4.69, 9.17) is 10.5 Å². The molecule has 3 N–H and O–H groups in total. The van der Waals surface area contributed by atoms with Crippen LogP contribution in [0.3, 0.4) is 0 Å². The second-order valence-electron chi connectivity index (χ2n) is 6.34. The lowest BCUT2D eigenvalue weighted by molar-refractivity contribution is -0.120. The summed E-state index contributed by atoms with van der Waals surface area (Å²) in [5, 5.41) is 2.10. The van der Waals surface area contributed by atoms with Gasteiger partial charge in [-0.15, -0.1) is 0 Å². The Kier molecular flexibility index (Phi) is 7.69. The van der Waals surface area contributed by atoms with Crippen LogP contribution in [-0.4, -0.2) is 61.6 Å². The van der Waals surface area contributed by atoms with E-state index >= 15 is 0 Å². The van der Waals surface area contributed by atoms with Gasteiger partial charge in [-0.2, -0.15) is 0 Å². The highest BCUT2D eigenvalue weighted by molar-refractivity contribution is 5.93. The van der Waals surface area contributed by atoms with E-state index in [2.05, 4.69) is 27.2 Å². The molecule has 0 bridgehead atoms. The first-order valence-electron chi connectivity index (χ1n) is 8.74. The first kappa shape index (κ1) is 19.2. The minimum atomic E-state index is -0.783. The molecule has 0 atom stereocenters. The van der Waals surface area contributed by atoms with E-state index in [1.54, 1.807) is 7.11 Å². The number of benzene rings is 1. The SMILES string of the molecule is COc1ccc(CN2CCCN(CCCC(=O)NC(N)=O)CC2)cc1. The lowest BCUT2D eigenvalue weighted by Gasteiger charge is -2.21. The molecule has 1 heterocycles. The smallest absolute Gasteiger partial charge is 0.318 e. The second kappa shape index (κ2) is 10.0. The molecule has 0 unspecified atom stereocenters. The van der Waals surface area contributed by atoms with Gasteiger partial charge in [0.15, 0.2) is 0 Å². The van der Waals surface area contributed by atoms with Gasteiger partial charge in [-0.1, -0.05) is 12.1 Å². The summed E-state index contributed by atoms with van der Waals surface area (Å²) in [5.74, 6) is 0.578. The molecule has 0 spiro atoms. The topological polar surface area (TPSA) is 87.9 Å². The highest BCUT2D eigenvalue weighted by Crippen LogP contribution is 2.14. The van der Waals surface area contributed by atoms with Crippen molar-refractivity contribution in [2.75, 3.05) is 39.8 Å². The average Bonchev–Trinajstić information content (AvgIpc) is 2.80. The zero-order valence-corrected chi connectivity index (χ0v) is 14.9. The maximum absolute atomic E-state index is 11.4. The van der Waals surface area contributed by atoms with Crippen LogP contribution in [0, 0.1) is 0 Å². The molecular formula is C18H28N4O3. The largest absolute Gasteiger partial charge is 0.497 e. The molecule has 1 saturated heterocycles. The van der Waals surface area contributed by atoms with Crippen molar-refractivity contribution in [2.24, 2.45) is 5.73 Å². The summed E-state index contributed by atoms with van der Waals surface area (Å²) in [6.45, 7) is 5.93. The second-order valence-corrected chi connectivity index (χ2v) is 6.34. The van der Waals surface area contributed by atoms with Crippen LogP contribution in [0.1, 0.15) is 24.8 Å². The Morgan fingerprint density at radius 1 is 1.12 bits per heavy atom. The molecule has 1 aromatic rings. The van der Waals surface area contributed by atoms with Gasteiger partial charge in [-0.3, -0.25) is 15.0 Å². The number of hydrogen-bond donors (Lipinski definition) is 2. The Morgan fingerprint density at radius 2 is 1.80 bits per heavy atom. The summed E-state index contributed by atoms with van der Waals surface area (Å²) in [4.78, 5) is 26.9. The number of nitrogens with zero attached hydrogens (tertiary/aromatic N) is 2. The monoisotopic (exact) mass is 348 g/mol. The predicted octanol–water partition coefficient (Wildman–Crippen LogP) is 1.18. The van der Waals surface area contributed by atoms with Gasteiger partial charge in [0.25, 0.3) is 0 Å². The molecule has 1 aliphatic rings. The fourth-order valence-corrected chi connectivity index (χ4v) is 3.06. The number of urea groups is 1. The predicted molar refractivity (Wildman–Crippen MR) is 96.3 cm³/mol. The Morgan fingerprint density at radius 3 is 2.48 bits per heavy atom. The van der Waals surface area contributed by atoms with Crippen molar-refractivity contribution in [1.29, 1.82) is 0 Å². The van der Waals surface area contributed by atoms with Crippen LogP contribution in [0.25, 0.3) is 0 Å². The summed E-state index contributed by atoms with van der Waals surface area (Å²) < 4.78 is 5.19. The van der Waals surface area contributed by atoms with Crippen LogP contribution < -0.4 is 15.8 Å². The molecule has 1 fully saturated rings. The van der Waals surface area contributed by atoms with E-state index in [-0.39, 0.29) is 5.91 Å². The van der Waals surface area contributed by atoms with Crippen LogP contribution in [0.2, 0.25) is 0 Å². The van der Waals surface area contributed by atoms with Gasteiger partial charge >= 0.3 is 6.03 Å². The summed E-state index contributed by atoms with van der Waals surface area (Å²) in [6, 6.07) is 7.43. The lowest BCUT2D eigenvalue weighted by Crippen LogP contribution is -2.36. The third kappa shape index (κ3) is 7.11. The van der Waals surface area contributed by atoms with Gasteiger partial charge in [-0.05, 0) is 50.2 Å². The third-order valence-corrected chi connectivity index (χ3v) is 4.39. The van der Waals surface area contributed by atoms with Crippen LogP contribution in [0.4, 0.5) is 4.79 Å². The number of rotatable bonds is 7. The number of carbonyl (C=O) groups is 2. The van der Waals surface area contributed by atoms with Crippen molar-refractivity contribution in [3.63, 3.8) is 0 Å². The van der Waals surface area contributed by atoms with E-state index in [1.807, 2.05) is 12.1 Å². The van der Waals surface area contributed by atoms with E-state index in [0.29, 0.717) is 6.42 Å². The standard InChI is InChI=1S/C18H28N4O3/c1-25-16-7-5-15(6-8-16)14-22-11-3-10-21(12-13-22)9-2-4-17(23)20-18(19)24/h5-8H,2-4,9-14H2,1H3,(H3,19,20,23,24). The van der Waals surface area contributed by atoms with Crippen molar-refractivity contribution in [1.82, 2.24) is 15.1 Å². The third-order valence-electron chi connectivity index (χ3n) is 4.39. The van der Waals surface area contributed by atoms with Crippen molar-refractivity contribution < 1.29 is 14.3 Å². The van der Waals surface area contributed by atoms with Gasteiger partial charge < -0.3 is 15.4 Å². The van der Waals surface area contributed by atoms with E-state index in [9.17, 15) is 9.59 Å². The molecule has 7 nitrogen and oxygen atoms in total. The maximum Gasteiger partial charge on any atom is 0.318 e. The number of primary amides is 1. The zero-order chi connectivity index (χ0) is 18.1. The Labute approximate surface area is 149 Å². The van der Waals surface area contributed by atoms with Gasteiger partial charge in [0.1, 0.15) is 5.75 Å². The van der Waals surface area contributed by atoms with Crippen LogP contribution in [0.15, 0.2) is 24.3 Å². The molecule has 138 valence electrons. The van der Waals surface area contributed by atoms with Gasteiger partial charge in [-0.25, -0.2) is 4.79 Å². The highest BCUT2D eigenvalue weighted by Gasteiger charge is 2.15. The fraction of sp³-hybridized carbons (Fsp3) is 0.556. The molecule has 1 aliphatic heterocycles. The van der Waals surface area contributed by atoms with Crippen molar-refractivity contribution >= 4 is 11.9 Å². The number of nitrogens with one attached hydrogen (secondary N) is 1. The van der Waals surface area contributed by atoms with Crippen LogP contribution in [0.5, 0.6) is 5.75 Å². The van der Waals surface area contributed by atoms with E-state index in [1.165, 1.54) is 5.56 Å². The molecule has 2 rings (SSSR count). The van der Waals surface area contributed by atoms with E-state index in [0.717, 1.165) is 57.9 Å². The highest BCUT2D eigenvalue weighted by atomic mass is 16.5. The molecule has 0 radical (unpaired) electrons. The quantitative estimate of drug-likeness (QED) is 0.772. The fourth-order valence-electron chi connectivity index (χ4n) is 3.06. The van der Waals surface area contributed by atoms with Crippen molar-refractivity contribution in [2.45, 2.75) is 25.8 Å². The zero-order valence-electron chi connectivity index (χ0n) is 14.9. The number of methoxy groups -OCH3 is 1. The maximum atomic E-state index is 11.4. The first-order valence-corrected chi connectivity index (χ1v) is 8.74. The summed E-state index contributed by atoms with van der Waals surface area (Å²) in [5.41, 5.74) is 6.22. The molecule has 0 saturated carbocycles. The summed E-state index contributed by atoms with van der Waals surface area (Å²) in [7, 11) is 1.68. The Hall–Kier alpha value is -2.12. The van der Waals surface area contributed by atoms with Crippen molar-refractivity contribution in [3.8, 4) is 5.75 Å².